The van der Waals surface area contributed by atoms with Gasteiger partial charge < -0.3 is 29.2 Å². The molecule has 0 unspecified atom stereocenters. The topological polar surface area (TPSA) is 158 Å². The van der Waals surface area contributed by atoms with E-state index in [2.05, 4.69) is 10.3 Å². The lowest BCUT2D eigenvalue weighted by atomic mass is 9.96. The van der Waals surface area contributed by atoms with Crippen molar-refractivity contribution in [3.05, 3.63) is 22.7 Å². The standard InChI is InChI=1S/C22H35N3O9/c1-4-6-8-12-31-20(28)24-16-10-11-25(19(27)23-16)18-22(3,30)17(15(14-26)33-18)34-21(29)32-13-9-7-5-2/h10-11,15,17-18,26,30H,4-9,12-14H2,1-3H3,(H,23,24,27,28)/t15-,17-,18-,22-/m1/s1. The number of carbonyl (C=O) groups excluding carboxylic acids is 2. The first kappa shape index (κ1) is 27.5. The predicted molar refractivity (Wildman–Crippen MR) is 120 cm³/mol. The zero-order valence-electron chi connectivity index (χ0n) is 19.9. The Morgan fingerprint density at radius 3 is 2.41 bits per heavy atom. The first-order valence-corrected chi connectivity index (χ1v) is 11.6. The van der Waals surface area contributed by atoms with E-state index in [9.17, 15) is 24.6 Å². The largest absolute Gasteiger partial charge is 0.508 e. The maximum atomic E-state index is 12.6. The smallest absolute Gasteiger partial charge is 0.449 e. The monoisotopic (exact) mass is 485 g/mol. The van der Waals surface area contributed by atoms with Crippen LogP contribution < -0.4 is 11.0 Å². The Morgan fingerprint density at radius 1 is 1.18 bits per heavy atom. The molecule has 0 spiro atoms. The van der Waals surface area contributed by atoms with Gasteiger partial charge in [-0.05, 0) is 25.8 Å². The third-order valence-corrected chi connectivity index (χ3v) is 5.38. The van der Waals surface area contributed by atoms with Crippen LogP contribution in [0.1, 0.15) is 65.5 Å². The second kappa shape index (κ2) is 13.3. The van der Waals surface area contributed by atoms with Crippen LogP contribution in [0.5, 0.6) is 0 Å². The molecular weight excluding hydrogens is 450 g/mol. The van der Waals surface area contributed by atoms with Gasteiger partial charge in [-0.2, -0.15) is 4.98 Å². The van der Waals surface area contributed by atoms with Crippen LogP contribution in [-0.2, 0) is 18.9 Å². The lowest BCUT2D eigenvalue weighted by Gasteiger charge is -2.29. The van der Waals surface area contributed by atoms with Crippen molar-refractivity contribution in [2.45, 2.75) is 83.3 Å². The zero-order valence-corrected chi connectivity index (χ0v) is 19.9. The van der Waals surface area contributed by atoms with E-state index in [-0.39, 0.29) is 19.0 Å². The summed E-state index contributed by atoms with van der Waals surface area (Å²) >= 11 is 0. The number of hydrogen-bond donors (Lipinski definition) is 3. The minimum absolute atomic E-state index is 0.0402. The molecule has 1 fully saturated rings. The van der Waals surface area contributed by atoms with Crippen LogP contribution in [0.3, 0.4) is 0 Å². The van der Waals surface area contributed by atoms with Gasteiger partial charge in [0.2, 0.25) is 0 Å². The number of rotatable bonds is 12. The highest BCUT2D eigenvalue weighted by molar-refractivity contribution is 5.83. The van der Waals surface area contributed by atoms with Gasteiger partial charge in [0.05, 0.1) is 19.8 Å². The van der Waals surface area contributed by atoms with E-state index in [0.717, 1.165) is 36.7 Å². The molecule has 2 heterocycles. The van der Waals surface area contributed by atoms with Crippen molar-refractivity contribution >= 4 is 18.1 Å². The van der Waals surface area contributed by atoms with Gasteiger partial charge >= 0.3 is 17.9 Å². The number of nitrogens with one attached hydrogen (secondary N) is 1. The van der Waals surface area contributed by atoms with Gasteiger partial charge in [-0.1, -0.05) is 39.5 Å². The molecule has 3 N–H and O–H groups in total. The van der Waals surface area contributed by atoms with Crippen molar-refractivity contribution in [3.63, 3.8) is 0 Å². The van der Waals surface area contributed by atoms with Crippen molar-refractivity contribution in [1.29, 1.82) is 0 Å². The molecule has 1 aliphatic heterocycles. The van der Waals surface area contributed by atoms with Gasteiger partial charge in [-0.3, -0.25) is 9.88 Å². The number of hydrogen-bond acceptors (Lipinski definition) is 10. The van der Waals surface area contributed by atoms with E-state index < -0.39 is 48.6 Å². The molecule has 1 aliphatic rings. The Kier molecular flexibility index (Phi) is 10.7. The lowest BCUT2D eigenvalue weighted by molar-refractivity contribution is -0.105. The van der Waals surface area contributed by atoms with E-state index >= 15 is 0 Å². The number of aliphatic hydroxyl groups excluding tert-OH is 1. The fraction of sp³-hybridized carbons (Fsp3) is 0.727. The molecule has 1 amide bonds. The number of anilines is 1. The molecule has 0 aromatic carbocycles. The maximum absolute atomic E-state index is 12.6. The molecule has 1 aromatic heterocycles. The third-order valence-electron chi connectivity index (χ3n) is 5.38. The summed E-state index contributed by atoms with van der Waals surface area (Å²) in [6.45, 7) is 5.19. The van der Waals surface area contributed by atoms with Gasteiger partial charge in [-0.15, -0.1) is 0 Å². The summed E-state index contributed by atoms with van der Waals surface area (Å²) in [7, 11) is 0. The van der Waals surface area contributed by atoms with Gasteiger partial charge in [0.1, 0.15) is 17.5 Å². The van der Waals surface area contributed by atoms with Crippen LogP contribution in [0.2, 0.25) is 0 Å². The highest BCUT2D eigenvalue weighted by Gasteiger charge is 2.56. The Hall–Kier alpha value is -2.70. The van der Waals surface area contributed by atoms with Crippen molar-refractivity contribution in [2.75, 3.05) is 25.1 Å². The SMILES string of the molecule is CCCCCOC(=O)Nc1ccn([C@@H]2O[C@H](CO)[C@@H](OC(=O)OCCCCC)[C@@]2(C)O)c(=O)n1. The van der Waals surface area contributed by atoms with Crippen LogP contribution in [0, 0.1) is 0 Å². The summed E-state index contributed by atoms with van der Waals surface area (Å²) < 4.78 is 21.9. The predicted octanol–water partition coefficient (Wildman–Crippen LogP) is 2.33. The van der Waals surface area contributed by atoms with Crippen LogP contribution in [0.4, 0.5) is 15.4 Å². The number of aliphatic hydroxyl groups is 2. The average molecular weight is 486 g/mol. The normalized spacial score (nSPS) is 24.0. The fourth-order valence-corrected chi connectivity index (χ4v) is 3.54. The number of aromatic nitrogens is 2. The molecule has 2 rings (SSSR count). The molecule has 34 heavy (non-hydrogen) atoms. The molecular formula is C22H35N3O9. The molecule has 12 heteroatoms. The van der Waals surface area contributed by atoms with Gasteiger partial charge in [0.15, 0.2) is 12.3 Å². The van der Waals surface area contributed by atoms with Crippen LogP contribution >= 0.6 is 0 Å². The number of nitrogens with zero attached hydrogens (tertiary/aromatic N) is 2. The summed E-state index contributed by atoms with van der Waals surface area (Å²) in [5.41, 5.74) is -2.73. The first-order chi connectivity index (χ1) is 16.2. The quantitative estimate of drug-likeness (QED) is 0.296. The van der Waals surface area contributed by atoms with Crippen molar-refractivity contribution in [2.24, 2.45) is 0 Å². The van der Waals surface area contributed by atoms with Crippen LogP contribution in [0.25, 0.3) is 0 Å². The maximum Gasteiger partial charge on any atom is 0.508 e. The van der Waals surface area contributed by atoms with Crippen molar-refractivity contribution < 1.29 is 38.7 Å². The van der Waals surface area contributed by atoms with Crippen molar-refractivity contribution in [1.82, 2.24) is 9.55 Å². The van der Waals surface area contributed by atoms with Gasteiger partial charge in [0, 0.05) is 6.20 Å². The van der Waals surface area contributed by atoms with E-state index in [1.54, 1.807) is 0 Å². The Labute approximate surface area is 198 Å². The Morgan fingerprint density at radius 2 is 1.82 bits per heavy atom. The minimum atomic E-state index is -1.89. The van der Waals surface area contributed by atoms with E-state index in [4.69, 9.17) is 18.9 Å². The fourth-order valence-electron chi connectivity index (χ4n) is 3.54. The summed E-state index contributed by atoms with van der Waals surface area (Å²) in [5.74, 6) is -0.0402. The summed E-state index contributed by atoms with van der Waals surface area (Å²) in [5, 5.41) is 23.1. The minimum Gasteiger partial charge on any atom is -0.449 e. The van der Waals surface area contributed by atoms with E-state index in [0.29, 0.717) is 6.42 Å². The van der Waals surface area contributed by atoms with E-state index in [1.165, 1.54) is 19.2 Å². The first-order valence-electron chi connectivity index (χ1n) is 11.6. The average Bonchev–Trinajstić information content (AvgIpc) is 3.04. The van der Waals surface area contributed by atoms with Gasteiger partial charge in [0.25, 0.3) is 0 Å². The van der Waals surface area contributed by atoms with Crippen molar-refractivity contribution in [3.8, 4) is 0 Å². The number of carbonyl (C=O) groups is 2. The molecule has 0 radical (unpaired) electrons. The van der Waals surface area contributed by atoms with Crippen LogP contribution in [0.15, 0.2) is 17.1 Å². The highest BCUT2D eigenvalue weighted by atomic mass is 16.7. The molecule has 0 aliphatic carbocycles. The number of ether oxygens (including phenoxy) is 4. The zero-order chi connectivity index (χ0) is 25.1. The van der Waals surface area contributed by atoms with Gasteiger partial charge in [-0.25, -0.2) is 14.4 Å². The second-order valence-electron chi connectivity index (χ2n) is 8.25. The molecule has 0 bridgehead atoms. The third kappa shape index (κ3) is 7.40. The number of unbranched alkanes of at least 4 members (excludes halogenated alkanes) is 4. The Bertz CT molecular complexity index is 858. The summed E-state index contributed by atoms with van der Waals surface area (Å²) in [6.07, 6.45) is 0.944. The molecule has 1 saturated heterocycles. The van der Waals surface area contributed by atoms with E-state index in [1.807, 2.05) is 13.8 Å². The molecule has 1 aromatic rings. The molecule has 12 nitrogen and oxygen atoms in total. The summed E-state index contributed by atoms with van der Waals surface area (Å²) in [6, 6.07) is 1.33. The number of amides is 1. The summed E-state index contributed by atoms with van der Waals surface area (Å²) in [4.78, 5) is 40.3. The molecule has 4 atom stereocenters. The lowest BCUT2D eigenvalue weighted by Crippen LogP contribution is -2.48. The Balaban J connectivity index is 2.06. The molecule has 192 valence electrons. The highest BCUT2D eigenvalue weighted by Crippen LogP contribution is 2.39. The second-order valence-corrected chi connectivity index (χ2v) is 8.25. The van der Waals surface area contributed by atoms with Crippen LogP contribution in [-0.4, -0.2) is 69.6 Å². The molecule has 0 saturated carbocycles.